The van der Waals surface area contributed by atoms with Crippen LogP contribution >= 0.6 is 0 Å². The maximum Gasteiger partial charge on any atom is 0.261 e. The van der Waals surface area contributed by atoms with Crippen molar-refractivity contribution in [3.05, 3.63) is 65.0 Å². The molecule has 2 rings (SSSR count). The molecule has 0 spiro atoms. The van der Waals surface area contributed by atoms with Crippen molar-refractivity contribution in [1.29, 1.82) is 0 Å². The molecule has 0 saturated carbocycles. The second kappa shape index (κ2) is 8.15. The first kappa shape index (κ1) is 19.0. The molecule has 1 amide bonds. The standard InChI is InChI=1S/C21H26FNO2/c1-13(2)19-11-6-14(3)12-20(19)25-16(5)21(24)23-15(4)17-7-9-18(22)10-8-17/h6-13,15-16H,1-5H3,(H,23,24)/t15-,16+/m0/s1. The van der Waals surface area contributed by atoms with Crippen LogP contribution in [0.5, 0.6) is 5.75 Å². The fourth-order valence-corrected chi connectivity index (χ4v) is 2.63. The van der Waals surface area contributed by atoms with Crippen LogP contribution in [0.15, 0.2) is 42.5 Å². The lowest BCUT2D eigenvalue weighted by molar-refractivity contribution is -0.127. The molecule has 2 atom stereocenters. The van der Waals surface area contributed by atoms with Crippen molar-refractivity contribution in [3.8, 4) is 5.75 Å². The van der Waals surface area contributed by atoms with Gasteiger partial charge in [0.05, 0.1) is 6.04 Å². The zero-order valence-electron chi connectivity index (χ0n) is 15.5. The lowest BCUT2D eigenvalue weighted by atomic mass is 10.0. The lowest BCUT2D eigenvalue weighted by Crippen LogP contribution is -2.38. The van der Waals surface area contributed by atoms with Gasteiger partial charge in [-0.05, 0) is 61.6 Å². The summed E-state index contributed by atoms with van der Waals surface area (Å²) < 4.78 is 18.9. The minimum atomic E-state index is -0.623. The first-order valence-electron chi connectivity index (χ1n) is 8.61. The van der Waals surface area contributed by atoms with E-state index in [0.29, 0.717) is 5.92 Å². The summed E-state index contributed by atoms with van der Waals surface area (Å²) in [7, 11) is 0. The van der Waals surface area contributed by atoms with E-state index in [9.17, 15) is 9.18 Å². The lowest BCUT2D eigenvalue weighted by Gasteiger charge is -2.21. The minimum absolute atomic E-state index is 0.201. The number of hydrogen-bond acceptors (Lipinski definition) is 2. The van der Waals surface area contributed by atoms with Gasteiger partial charge in [-0.15, -0.1) is 0 Å². The van der Waals surface area contributed by atoms with Gasteiger partial charge in [-0.1, -0.05) is 38.1 Å². The van der Waals surface area contributed by atoms with Gasteiger partial charge < -0.3 is 10.1 Å². The van der Waals surface area contributed by atoms with Gasteiger partial charge in [0.15, 0.2) is 6.10 Å². The molecule has 0 fully saturated rings. The number of hydrogen-bond donors (Lipinski definition) is 1. The summed E-state index contributed by atoms with van der Waals surface area (Å²) in [4.78, 5) is 12.5. The Labute approximate surface area is 149 Å². The van der Waals surface area contributed by atoms with Crippen LogP contribution in [0, 0.1) is 12.7 Å². The summed E-state index contributed by atoms with van der Waals surface area (Å²) in [5.74, 6) is 0.559. The van der Waals surface area contributed by atoms with E-state index in [1.54, 1.807) is 19.1 Å². The van der Waals surface area contributed by atoms with Crippen LogP contribution < -0.4 is 10.1 Å². The summed E-state index contributed by atoms with van der Waals surface area (Å²) in [5.41, 5.74) is 3.02. The van der Waals surface area contributed by atoms with Crippen molar-refractivity contribution in [1.82, 2.24) is 5.32 Å². The molecule has 0 radical (unpaired) electrons. The zero-order valence-corrected chi connectivity index (χ0v) is 15.5. The molecule has 134 valence electrons. The quantitative estimate of drug-likeness (QED) is 0.810. The number of rotatable bonds is 6. The second-order valence-electron chi connectivity index (χ2n) is 6.74. The van der Waals surface area contributed by atoms with Crippen molar-refractivity contribution in [2.45, 2.75) is 52.7 Å². The molecule has 2 aromatic carbocycles. The van der Waals surface area contributed by atoms with Gasteiger partial charge in [-0.2, -0.15) is 0 Å². The first-order valence-corrected chi connectivity index (χ1v) is 8.61. The van der Waals surface area contributed by atoms with Gasteiger partial charge in [0, 0.05) is 0 Å². The molecular weight excluding hydrogens is 317 g/mol. The van der Waals surface area contributed by atoms with Crippen LogP contribution in [0.3, 0.4) is 0 Å². The Morgan fingerprint density at radius 3 is 2.28 bits per heavy atom. The number of ether oxygens (including phenoxy) is 1. The topological polar surface area (TPSA) is 38.3 Å². The SMILES string of the molecule is Cc1ccc(C(C)C)c(O[C@H](C)C(=O)N[C@@H](C)c2ccc(F)cc2)c1. The summed E-state index contributed by atoms with van der Waals surface area (Å²) in [6.45, 7) is 9.79. The Bertz CT molecular complexity index is 725. The zero-order chi connectivity index (χ0) is 18.6. The first-order chi connectivity index (χ1) is 11.8. The third kappa shape index (κ3) is 5.05. The largest absolute Gasteiger partial charge is 0.481 e. The van der Waals surface area contributed by atoms with Gasteiger partial charge in [-0.3, -0.25) is 4.79 Å². The van der Waals surface area contributed by atoms with E-state index < -0.39 is 6.10 Å². The molecule has 0 aliphatic rings. The number of amides is 1. The predicted molar refractivity (Wildman–Crippen MR) is 98.3 cm³/mol. The van der Waals surface area contributed by atoms with Gasteiger partial charge in [-0.25, -0.2) is 4.39 Å². The van der Waals surface area contributed by atoms with Crippen LogP contribution in [0.4, 0.5) is 4.39 Å². The highest BCUT2D eigenvalue weighted by Gasteiger charge is 2.19. The summed E-state index contributed by atoms with van der Waals surface area (Å²) >= 11 is 0. The molecule has 0 saturated heterocycles. The van der Waals surface area contributed by atoms with E-state index in [1.165, 1.54) is 12.1 Å². The molecule has 0 bridgehead atoms. The van der Waals surface area contributed by atoms with Crippen LogP contribution in [0.2, 0.25) is 0 Å². The number of carbonyl (C=O) groups excluding carboxylic acids is 1. The summed E-state index contributed by atoms with van der Waals surface area (Å²) in [6.07, 6.45) is -0.623. The van der Waals surface area contributed by atoms with Crippen molar-refractivity contribution in [2.24, 2.45) is 0 Å². The third-order valence-corrected chi connectivity index (χ3v) is 4.19. The van der Waals surface area contributed by atoms with E-state index in [2.05, 4.69) is 19.2 Å². The Morgan fingerprint density at radius 1 is 1.04 bits per heavy atom. The molecule has 3 nitrogen and oxygen atoms in total. The number of halogens is 1. The van der Waals surface area contributed by atoms with Gasteiger partial charge in [0.2, 0.25) is 0 Å². The highest BCUT2D eigenvalue weighted by Crippen LogP contribution is 2.28. The maximum absolute atomic E-state index is 13.0. The molecule has 0 heterocycles. The maximum atomic E-state index is 13.0. The van der Waals surface area contributed by atoms with Gasteiger partial charge >= 0.3 is 0 Å². The molecule has 1 N–H and O–H groups in total. The monoisotopic (exact) mass is 343 g/mol. The van der Waals surface area contributed by atoms with Crippen molar-refractivity contribution in [3.63, 3.8) is 0 Å². The molecule has 0 unspecified atom stereocenters. The number of aryl methyl sites for hydroxylation is 1. The van der Waals surface area contributed by atoms with Gasteiger partial charge in [0.1, 0.15) is 11.6 Å². The Hall–Kier alpha value is -2.36. The summed E-state index contributed by atoms with van der Waals surface area (Å²) in [6, 6.07) is 11.9. The highest BCUT2D eigenvalue weighted by molar-refractivity contribution is 5.81. The van der Waals surface area contributed by atoms with Crippen molar-refractivity contribution < 1.29 is 13.9 Å². The molecular formula is C21H26FNO2. The van der Waals surface area contributed by atoms with Gasteiger partial charge in [0.25, 0.3) is 5.91 Å². The Morgan fingerprint density at radius 2 is 1.68 bits per heavy atom. The number of nitrogens with one attached hydrogen (secondary N) is 1. The Kier molecular flexibility index (Phi) is 6.18. The third-order valence-electron chi connectivity index (χ3n) is 4.19. The molecule has 0 aromatic heterocycles. The second-order valence-corrected chi connectivity index (χ2v) is 6.74. The predicted octanol–water partition coefficient (Wildman–Crippen LogP) is 4.90. The smallest absolute Gasteiger partial charge is 0.261 e. The molecule has 2 aromatic rings. The molecule has 25 heavy (non-hydrogen) atoms. The molecule has 0 aliphatic carbocycles. The van der Waals surface area contributed by atoms with Crippen LogP contribution in [0.1, 0.15) is 56.3 Å². The summed E-state index contributed by atoms with van der Waals surface area (Å²) in [5, 5.41) is 2.91. The normalized spacial score (nSPS) is 13.4. The van der Waals surface area contributed by atoms with Crippen molar-refractivity contribution in [2.75, 3.05) is 0 Å². The van der Waals surface area contributed by atoms with Crippen LogP contribution in [-0.4, -0.2) is 12.0 Å². The molecule has 4 heteroatoms. The molecule has 0 aliphatic heterocycles. The minimum Gasteiger partial charge on any atom is -0.481 e. The van der Waals surface area contributed by atoms with E-state index in [4.69, 9.17) is 4.74 Å². The van der Waals surface area contributed by atoms with E-state index in [1.807, 2.05) is 32.0 Å². The van der Waals surface area contributed by atoms with E-state index >= 15 is 0 Å². The average molecular weight is 343 g/mol. The fourth-order valence-electron chi connectivity index (χ4n) is 2.63. The number of carbonyl (C=O) groups is 1. The fraction of sp³-hybridized carbons (Fsp3) is 0.381. The van der Waals surface area contributed by atoms with E-state index in [0.717, 1.165) is 22.4 Å². The van der Waals surface area contributed by atoms with Crippen LogP contribution in [-0.2, 0) is 4.79 Å². The van der Waals surface area contributed by atoms with Crippen molar-refractivity contribution >= 4 is 5.91 Å². The van der Waals surface area contributed by atoms with E-state index in [-0.39, 0.29) is 17.8 Å². The highest BCUT2D eigenvalue weighted by atomic mass is 19.1. The number of benzene rings is 2. The van der Waals surface area contributed by atoms with Crippen LogP contribution in [0.25, 0.3) is 0 Å². The Balaban J connectivity index is 2.05. The average Bonchev–Trinajstić information content (AvgIpc) is 2.55.